The molecule has 0 unspecified atom stereocenters. The molecule has 1 aromatic heterocycles. The van der Waals surface area contributed by atoms with E-state index in [2.05, 4.69) is 25.7 Å². The number of carbonyl (C=O) groups is 1. The van der Waals surface area contributed by atoms with Crippen molar-refractivity contribution in [1.82, 2.24) is 4.90 Å². The normalized spacial score (nSPS) is 10.2. The van der Waals surface area contributed by atoms with Gasteiger partial charge in [-0.1, -0.05) is 25.7 Å². The highest BCUT2D eigenvalue weighted by Gasteiger charge is 2.10. The lowest BCUT2D eigenvalue weighted by atomic mass is 10.1. The zero-order valence-electron chi connectivity index (χ0n) is 11.9. The van der Waals surface area contributed by atoms with E-state index in [1.165, 1.54) is 0 Å². The molecule has 0 atom stereocenters. The number of thiophene rings is 1. The molecule has 3 nitrogen and oxygen atoms in total. The fourth-order valence-electron chi connectivity index (χ4n) is 1.63. The van der Waals surface area contributed by atoms with Crippen LogP contribution < -0.4 is 5.73 Å². The Bertz CT molecular complexity index is 468. The monoisotopic (exact) mass is 278 g/mol. The Morgan fingerprint density at radius 2 is 2.26 bits per heavy atom. The standard InChI is InChI=1S/C15H22N2OS/c1-12(2)6-7-15(18)17(3)10-13-9-14(19-11-13)5-4-8-16/h9,11-12H,6-8,10,16H2,1-3H3. The average Bonchev–Trinajstić information content (AvgIpc) is 2.80. The maximum absolute atomic E-state index is 11.9. The van der Waals surface area contributed by atoms with Crippen molar-refractivity contribution in [3.8, 4) is 11.8 Å². The third-order valence-corrected chi connectivity index (χ3v) is 3.64. The van der Waals surface area contributed by atoms with Gasteiger partial charge < -0.3 is 10.6 Å². The molecule has 1 amide bonds. The van der Waals surface area contributed by atoms with Gasteiger partial charge in [0.2, 0.25) is 5.91 Å². The molecule has 0 radical (unpaired) electrons. The van der Waals surface area contributed by atoms with Gasteiger partial charge in [-0.15, -0.1) is 11.3 Å². The summed E-state index contributed by atoms with van der Waals surface area (Å²) in [6.45, 7) is 5.29. The zero-order valence-corrected chi connectivity index (χ0v) is 12.7. The highest BCUT2D eigenvalue weighted by molar-refractivity contribution is 7.10. The minimum atomic E-state index is 0.203. The summed E-state index contributed by atoms with van der Waals surface area (Å²) in [6.07, 6.45) is 1.57. The molecule has 104 valence electrons. The fourth-order valence-corrected chi connectivity index (χ4v) is 2.40. The summed E-state index contributed by atoms with van der Waals surface area (Å²) in [7, 11) is 1.85. The molecule has 0 spiro atoms. The van der Waals surface area contributed by atoms with Crippen LogP contribution in [0.25, 0.3) is 0 Å². The van der Waals surface area contributed by atoms with Crippen LogP contribution >= 0.6 is 11.3 Å². The van der Waals surface area contributed by atoms with Gasteiger partial charge >= 0.3 is 0 Å². The molecular formula is C15H22N2OS. The molecular weight excluding hydrogens is 256 g/mol. The third kappa shape index (κ3) is 5.91. The molecule has 1 aromatic rings. The van der Waals surface area contributed by atoms with Crippen LogP contribution in [0.3, 0.4) is 0 Å². The minimum Gasteiger partial charge on any atom is -0.341 e. The molecule has 19 heavy (non-hydrogen) atoms. The van der Waals surface area contributed by atoms with Crippen molar-refractivity contribution in [1.29, 1.82) is 0 Å². The van der Waals surface area contributed by atoms with Crippen LogP contribution in [0.1, 0.15) is 37.1 Å². The number of carbonyl (C=O) groups excluding carboxylic acids is 1. The van der Waals surface area contributed by atoms with Crippen LogP contribution in [-0.2, 0) is 11.3 Å². The van der Waals surface area contributed by atoms with E-state index in [0.29, 0.717) is 25.4 Å². The summed E-state index contributed by atoms with van der Waals surface area (Å²) in [4.78, 5) is 14.7. The Balaban J connectivity index is 2.49. The number of rotatable bonds is 5. The van der Waals surface area contributed by atoms with Gasteiger partial charge in [-0.3, -0.25) is 4.79 Å². The Kier molecular flexibility index (Phi) is 6.61. The van der Waals surface area contributed by atoms with Crippen LogP contribution in [0.2, 0.25) is 0 Å². The number of hydrogen-bond acceptors (Lipinski definition) is 3. The summed E-state index contributed by atoms with van der Waals surface area (Å²) in [5.41, 5.74) is 6.47. The SMILES string of the molecule is CC(C)CCC(=O)N(C)Cc1csc(C#CCN)c1. The topological polar surface area (TPSA) is 46.3 Å². The van der Waals surface area contributed by atoms with Crippen LogP contribution in [0.5, 0.6) is 0 Å². The second-order valence-electron chi connectivity index (χ2n) is 5.01. The quantitative estimate of drug-likeness (QED) is 0.841. The van der Waals surface area contributed by atoms with Crippen molar-refractivity contribution < 1.29 is 4.79 Å². The van der Waals surface area contributed by atoms with Gasteiger partial charge in [-0.05, 0) is 29.3 Å². The smallest absolute Gasteiger partial charge is 0.222 e. The lowest BCUT2D eigenvalue weighted by Gasteiger charge is -2.17. The van der Waals surface area contributed by atoms with Gasteiger partial charge in [0.05, 0.1) is 11.4 Å². The third-order valence-electron chi connectivity index (χ3n) is 2.75. The Labute approximate surface area is 119 Å². The number of hydrogen-bond donors (Lipinski definition) is 1. The first kappa shape index (κ1) is 15.7. The highest BCUT2D eigenvalue weighted by Crippen LogP contribution is 2.16. The van der Waals surface area contributed by atoms with Gasteiger partial charge in [0, 0.05) is 20.0 Å². The Morgan fingerprint density at radius 3 is 2.89 bits per heavy atom. The van der Waals surface area contributed by atoms with Crippen LogP contribution in [0, 0.1) is 17.8 Å². The summed E-state index contributed by atoms with van der Waals surface area (Å²) in [5, 5.41) is 2.05. The van der Waals surface area contributed by atoms with Crippen molar-refractivity contribution in [3.05, 3.63) is 21.9 Å². The molecule has 0 aliphatic rings. The average molecular weight is 278 g/mol. The van der Waals surface area contributed by atoms with Crippen molar-refractivity contribution in [3.63, 3.8) is 0 Å². The predicted molar refractivity (Wildman–Crippen MR) is 80.8 cm³/mol. The predicted octanol–water partition coefficient (Wildman–Crippen LogP) is 2.45. The first-order valence-corrected chi connectivity index (χ1v) is 7.41. The number of amides is 1. The van der Waals surface area contributed by atoms with Crippen LogP contribution in [-0.4, -0.2) is 24.4 Å². The first-order valence-electron chi connectivity index (χ1n) is 6.53. The molecule has 0 aromatic carbocycles. The fraction of sp³-hybridized carbons (Fsp3) is 0.533. The number of nitrogens with two attached hydrogens (primary N) is 1. The summed E-state index contributed by atoms with van der Waals surface area (Å²) < 4.78 is 0. The van der Waals surface area contributed by atoms with Crippen molar-refractivity contribution in [2.24, 2.45) is 11.7 Å². The lowest BCUT2D eigenvalue weighted by molar-refractivity contribution is -0.130. The highest BCUT2D eigenvalue weighted by atomic mass is 32.1. The first-order chi connectivity index (χ1) is 9.02. The van der Waals surface area contributed by atoms with E-state index < -0.39 is 0 Å². The molecule has 4 heteroatoms. The van der Waals surface area contributed by atoms with Gasteiger partial charge in [0.1, 0.15) is 0 Å². The summed E-state index contributed by atoms with van der Waals surface area (Å²) in [6, 6.07) is 2.03. The van der Waals surface area contributed by atoms with E-state index in [4.69, 9.17) is 5.73 Å². The largest absolute Gasteiger partial charge is 0.341 e. The van der Waals surface area contributed by atoms with Crippen molar-refractivity contribution >= 4 is 17.2 Å². The van der Waals surface area contributed by atoms with Crippen molar-refractivity contribution in [2.75, 3.05) is 13.6 Å². The molecule has 0 saturated carbocycles. The molecule has 0 fully saturated rings. The van der Waals surface area contributed by atoms with Crippen LogP contribution in [0.15, 0.2) is 11.4 Å². The zero-order chi connectivity index (χ0) is 14.3. The molecule has 0 bridgehead atoms. The molecule has 0 saturated heterocycles. The summed E-state index contributed by atoms with van der Waals surface area (Å²) >= 11 is 1.59. The molecule has 1 rings (SSSR count). The summed E-state index contributed by atoms with van der Waals surface area (Å²) in [5.74, 6) is 6.61. The van der Waals surface area contributed by atoms with E-state index in [9.17, 15) is 4.79 Å². The van der Waals surface area contributed by atoms with E-state index in [-0.39, 0.29) is 5.91 Å². The van der Waals surface area contributed by atoms with Crippen LogP contribution in [0.4, 0.5) is 0 Å². The van der Waals surface area contributed by atoms with E-state index in [0.717, 1.165) is 16.9 Å². The van der Waals surface area contributed by atoms with E-state index in [1.54, 1.807) is 16.2 Å². The lowest BCUT2D eigenvalue weighted by Crippen LogP contribution is -2.25. The Hall–Kier alpha value is -1.31. The second kappa shape index (κ2) is 7.98. The van der Waals surface area contributed by atoms with Gasteiger partial charge in [-0.2, -0.15) is 0 Å². The van der Waals surface area contributed by atoms with E-state index >= 15 is 0 Å². The maximum atomic E-state index is 11.9. The molecule has 0 aliphatic carbocycles. The molecule has 0 aliphatic heterocycles. The molecule has 1 heterocycles. The maximum Gasteiger partial charge on any atom is 0.222 e. The van der Waals surface area contributed by atoms with Gasteiger partial charge in [0.15, 0.2) is 0 Å². The second-order valence-corrected chi connectivity index (χ2v) is 5.92. The van der Waals surface area contributed by atoms with E-state index in [1.807, 2.05) is 18.5 Å². The van der Waals surface area contributed by atoms with Crippen molar-refractivity contribution in [2.45, 2.75) is 33.2 Å². The van der Waals surface area contributed by atoms with Gasteiger partial charge in [0.25, 0.3) is 0 Å². The minimum absolute atomic E-state index is 0.203. The Morgan fingerprint density at radius 1 is 1.53 bits per heavy atom. The van der Waals surface area contributed by atoms with Gasteiger partial charge in [-0.25, -0.2) is 0 Å². The number of nitrogens with zero attached hydrogens (tertiary/aromatic N) is 1. The molecule has 2 N–H and O–H groups in total.